The van der Waals surface area contributed by atoms with Crippen molar-refractivity contribution in [1.82, 2.24) is 0 Å². The molecule has 0 fully saturated rings. The van der Waals surface area contributed by atoms with Gasteiger partial charge in [0.2, 0.25) is 0 Å². The van der Waals surface area contributed by atoms with E-state index in [9.17, 15) is 4.39 Å². The van der Waals surface area contributed by atoms with E-state index in [1.165, 1.54) is 15.9 Å². The van der Waals surface area contributed by atoms with E-state index in [0.717, 1.165) is 5.30 Å². The molecule has 0 aromatic heterocycles. The molecule has 0 atom stereocenters. The molecule has 0 N–H and O–H groups in total. The first-order valence-electron chi connectivity index (χ1n) is 9.08. The van der Waals surface area contributed by atoms with Crippen LogP contribution in [0, 0.1) is 5.82 Å². The monoisotopic (exact) mass is 372 g/mol. The van der Waals surface area contributed by atoms with E-state index in [1.54, 1.807) is 12.1 Å². The Morgan fingerprint density at radius 2 is 0.741 bits per heavy atom. The normalized spacial score (nSPS) is 12.9. The zero-order valence-corrected chi connectivity index (χ0v) is 16.2. The molecule has 0 aliphatic carbocycles. The van der Waals surface area contributed by atoms with Gasteiger partial charge in [0.1, 0.15) is 0 Å². The zero-order valence-electron chi connectivity index (χ0n) is 15.3. The van der Waals surface area contributed by atoms with Gasteiger partial charge in [-0.1, -0.05) is 0 Å². The second kappa shape index (κ2) is 6.76. The molecule has 0 aliphatic rings. The van der Waals surface area contributed by atoms with Crippen molar-refractivity contribution in [3.05, 3.63) is 121 Å². The molecule has 134 valence electrons. The third-order valence-corrected chi connectivity index (χ3v) is 12.0. The summed E-state index contributed by atoms with van der Waals surface area (Å²) in [6, 6.07) is 39.0. The summed E-state index contributed by atoms with van der Waals surface area (Å²) in [5.74, 6) is -0.210. The van der Waals surface area contributed by atoms with Crippen LogP contribution in [0.15, 0.2) is 115 Å². The Bertz CT molecular complexity index is 927. The first kappa shape index (κ1) is 17.6. The van der Waals surface area contributed by atoms with Crippen LogP contribution in [0.1, 0.15) is 0 Å². The molecule has 0 heterocycles. The first-order valence-corrected chi connectivity index (χ1v) is 11.8. The average molecular weight is 372 g/mol. The number of halogens is 1. The standard InChI is InChI=1S/C25H22FP/c1-27(22-11-5-2-6-12-22,23-13-7-3-8-14-23,24-15-9-4-10-16-24)25-19-17-21(26)18-20-25/h2-20H,1H3. The van der Waals surface area contributed by atoms with Gasteiger partial charge in [0.15, 0.2) is 0 Å². The van der Waals surface area contributed by atoms with Crippen molar-refractivity contribution in [2.75, 3.05) is 6.66 Å². The third-order valence-electron chi connectivity index (χ3n) is 5.68. The molecule has 4 aromatic carbocycles. The van der Waals surface area contributed by atoms with Crippen LogP contribution in [0.4, 0.5) is 4.39 Å². The van der Waals surface area contributed by atoms with E-state index in [1.807, 2.05) is 30.3 Å². The summed E-state index contributed by atoms with van der Waals surface area (Å²) in [7, 11) is 0. The van der Waals surface area contributed by atoms with Crippen LogP contribution >= 0.6 is 6.60 Å². The van der Waals surface area contributed by atoms with Crippen LogP contribution in [0.3, 0.4) is 0 Å². The van der Waals surface area contributed by atoms with E-state index < -0.39 is 6.60 Å². The quantitative estimate of drug-likeness (QED) is 0.459. The number of hydrogen-bond acceptors (Lipinski definition) is 0. The predicted molar refractivity (Wildman–Crippen MR) is 117 cm³/mol. The van der Waals surface area contributed by atoms with Gasteiger partial charge < -0.3 is 0 Å². The molecule has 0 unspecified atom stereocenters. The van der Waals surface area contributed by atoms with Gasteiger partial charge in [-0.05, 0) is 0 Å². The van der Waals surface area contributed by atoms with Gasteiger partial charge in [-0.3, -0.25) is 0 Å². The van der Waals surface area contributed by atoms with E-state index in [2.05, 4.69) is 79.5 Å². The molecular weight excluding hydrogens is 350 g/mol. The van der Waals surface area contributed by atoms with Gasteiger partial charge in [0.05, 0.1) is 0 Å². The Kier molecular flexibility index (Phi) is 4.42. The second-order valence-electron chi connectivity index (χ2n) is 7.05. The van der Waals surface area contributed by atoms with Crippen molar-refractivity contribution in [3.63, 3.8) is 0 Å². The number of hydrogen-bond donors (Lipinski definition) is 0. The van der Waals surface area contributed by atoms with Crippen molar-refractivity contribution in [1.29, 1.82) is 0 Å². The van der Waals surface area contributed by atoms with Gasteiger partial charge >= 0.3 is 160 Å². The van der Waals surface area contributed by atoms with E-state index >= 15 is 0 Å². The minimum absolute atomic E-state index is 0.210. The summed E-state index contributed by atoms with van der Waals surface area (Å²) in [4.78, 5) is 0. The Morgan fingerprint density at radius 3 is 1.07 bits per heavy atom. The Labute approximate surface area is 160 Å². The second-order valence-corrected chi connectivity index (χ2v) is 12.2. The van der Waals surface area contributed by atoms with Crippen molar-refractivity contribution in [2.45, 2.75) is 0 Å². The molecule has 0 spiro atoms. The molecule has 0 radical (unpaired) electrons. The van der Waals surface area contributed by atoms with Crippen LogP contribution in [-0.4, -0.2) is 6.66 Å². The Balaban J connectivity index is 2.22. The summed E-state index contributed by atoms with van der Waals surface area (Å²) in [6.45, 7) is -0.633. The van der Waals surface area contributed by atoms with Crippen LogP contribution in [-0.2, 0) is 0 Å². The summed E-state index contributed by atoms with van der Waals surface area (Å²) in [6.07, 6.45) is 0. The summed E-state index contributed by atoms with van der Waals surface area (Å²) in [5, 5.41) is 4.97. The van der Waals surface area contributed by atoms with E-state index in [0.29, 0.717) is 0 Å². The topological polar surface area (TPSA) is 0 Å². The maximum atomic E-state index is 13.8. The molecule has 0 saturated heterocycles. The summed E-state index contributed by atoms with van der Waals surface area (Å²) in [5.41, 5.74) is 0. The molecule has 4 rings (SSSR count). The zero-order chi connectivity index (χ0) is 18.8. The van der Waals surface area contributed by atoms with Crippen molar-refractivity contribution >= 4 is 27.8 Å². The first-order chi connectivity index (χ1) is 13.1. The average Bonchev–Trinajstić information content (AvgIpc) is 2.76. The van der Waals surface area contributed by atoms with E-state index in [-0.39, 0.29) is 5.82 Å². The molecule has 0 aliphatic heterocycles. The summed E-state index contributed by atoms with van der Waals surface area (Å²) < 4.78 is 13.8. The molecule has 0 saturated carbocycles. The van der Waals surface area contributed by atoms with Crippen molar-refractivity contribution in [2.24, 2.45) is 0 Å². The maximum absolute atomic E-state index is 13.8. The van der Waals surface area contributed by atoms with Crippen LogP contribution in [0.5, 0.6) is 0 Å². The van der Waals surface area contributed by atoms with E-state index in [4.69, 9.17) is 0 Å². The van der Waals surface area contributed by atoms with Gasteiger partial charge in [0, 0.05) is 0 Å². The Morgan fingerprint density at radius 1 is 0.444 bits per heavy atom. The number of benzene rings is 4. The van der Waals surface area contributed by atoms with Gasteiger partial charge in [-0.2, -0.15) is 0 Å². The van der Waals surface area contributed by atoms with Crippen LogP contribution < -0.4 is 21.2 Å². The van der Waals surface area contributed by atoms with Crippen molar-refractivity contribution in [3.8, 4) is 0 Å². The molecule has 0 amide bonds. The molecule has 27 heavy (non-hydrogen) atoms. The van der Waals surface area contributed by atoms with Crippen LogP contribution in [0.2, 0.25) is 0 Å². The van der Waals surface area contributed by atoms with Gasteiger partial charge in [-0.15, -0.1) is 0 Å². The number of rotatable bonds is 4. The van der Waals surface area contributed by atoms with Gasteiger partial charge in [0.25, 0.3) is 0 Å². The molecule has 4 aromatic rings. The Hall–Kier alpha value is -2.76. The SMILES string of the molecule is CP(c1ccccc1)(c1ccccc1)(c1ccccc1)c1ccc(F)cc1. The predicted octanol–water partition coefficient (Wildman–Crippen LogP) is 4.61. The molecule has 0 nitrogen and oxygen atoms in total. The summed E-state index contributed by atoms with van der Waals surface area (Å²) >= 11 is 0. The van der Waals surface area contributed by atoms with Gasteiger partial charge in [-0.25, -0.2) is 0 Å². The minimum atomic E-state index is -3.01. The fraction of sp³-hybridized carbons (Fsp3) is 0.0400. The molecule has 2 heteroatoms. The fourth-order valence-electron chi connectivity index (χ4n) is 4.11. The van der Waals surface area contributed by atoms with Crippen molar-refractivity contribution < 1.29 is 4.39 Å². The third kappa shape index (κ3) is 2.62. The molecular formula is C25H22FP. The molecule has 0 bridgehead atoms. The fourth-order valence-corrected chi connectivity index (χ4v) is 9.55. The van der Waals surface area contributed by atoms with Crippen LogP contribution in [0.25, 0.3) is 0 Å².